The molecule has 0 amide bonds. The van der Waals surface area contributed by atoms with Gasteiger partial charge in [-0.1, -0.05) is 12.2 Å². The molecule has 2 heteroatoms. The van der Waals surface area contributed by atoms with Crippen molar-refractivity contribution in [2.75, 3.05) is 6.61 Å². The van der Waals surface area contributed by atoms with Crippen molar-refractivity contribution in [3.63, 3.8) is 0 Å². The Morgan fingerprint density at radius 2 is 2.00 bits per heavy atom. The molecule has 0 aromatic rings. The highest BCUT2D eigenvalue weighted by molar-refractivity contribution is 5.95. The van der Waals surface area contributed by atoms with E-state index in [2.05, 4.69) is 4.99 Å². The number of aliphatic hydroxyl groups is 1. The van der Waals surface area contributed by atoms with Gasteiger partial charge in [0.25, 0.3) is 0 Å². The molecule has 2 nitrogen and oxygen atoms in total. The molecule has 0 aliphatic carbocycles. The standard InChI is InChI=1S/C11H19NO/c1-3-7-11(12-9-4-2)8-5-6-10-13/h3-4,7,9,13H,5-6,8,10H2,1-2H3/b7-3-,9-4+,12-11+. The minimum Gasteiger partial charge on any atom is -0.396 e. The highest BCUT2D eigenvalue weighted by Gasteiger charge is 1.92. The van der Waals surface area contributed by atoms with E-state index in [1.807, 2.05) is 32.1 Å². The highest BCUT2D eigenvalue weighted by atomic mass is 16.2. The minimum absolute atomic E-state index is 0.271. The summed E-state index contributed by atoms with van der Waals surface area (Å²) in [6.07, 6.45) is 10.5. The van der Waals surface area contributed by atoms with Gasteiger partial charge in [-0.2, -0.15) is 0 Å². The first kappa shape index (κ1) is 12.1. The van der Waals surface area contributed by atoms with Crippen LogP contribution in [0.3, 0.4) is 0 Å². The van der Waals surface area contributed by atoms with E-state index in [-0.39, 0.29) is 6.61 Å². The average Bonchev–Trinajstić information content (AvgIpc) is 2.14. The van der Waals surface area contributed by atoms with Gasteiger partial charge in [0, 0.05) is 18.5 Å². The van der Waals surface area contributed by atoms with E-state index < -0.39 is 0 Å². The molecule has 13 heavy (non-hydrogen) atoms. The molecule has 0 aromatic carbocycles. The molecular weight excluding hydrogens is 162 g/mol. The van der Waals surface area contributed by atoms with E-state index in [9.17, 15) is 0 Å². The number of aliphatic hydroxyl groups excluding tert-OH is 1. The first-order valence-electron chi connectivity index (χ1n) is 4.76. The van der Waals surface area contributed by atoms with Crippen LogP contribution in [-0.2, 0) is 0 Å². The van der Waals surface area contributed by atoms with Gasteiger partial charge in [-0.05, 0) is 39.2 Å². The topological polar surface area (TPSA) is 32.6 Å². The van der Waals surface area contributed by atoms with Gasteiger partial charge in [0.15, 0.2) is 0 Å². The maximum atomic E-state index is 8.61. The van der Waals surface area contributed by atoms with Gasteiger partial charge in [0.05, 0.1) is 0 Å². The van der Waals surface area contributed by atoms with Gasteiger partial charge < -0.3 is 5.11 Å². The van der Waals surface area contributed by atoms with Crippen molar-refractivity contribution >= 4 is 5.71 Å². The van der Waals surface area contributed by atoms with E-state index in [1.165, 1.54) is 0 Å². The van der Waals surface area contributed by atoms with Gasteiger partial charge in [0.1, 0.15) is 0 Å². The van der Waals surface area contributed by atoms with Crippen LogP contribution >= 0.6 is 0 Å². The Hall–Kier alpha value is -0.890. The molecule has 0 spiro atoms. The van der Waals surface area contributed by atoms with Gasteiger partial charge in [-0.3, -0.25) is 4.99 Å². The van der Waals surface area contributed by atoms with Gasteiger partial charge in [-0.15, -0.1) is 0 Å². The van der Waals surface area contributed by atoms with Crippen LogP contribution in [0.2, 0.25) is 0 Å². The molecule has 0 aliphatic rings. The third-order valence-corrected chi connectivity index (χ3v) is 1.59. The SMILES string of the molecule is C\C=C/C(CCCCO)=N\C=C\C. The predicted octanol–water partition coefficient (Wildman–Crippen LogP) is 2.70. The van der Waals surface area contributed by atoms with Crippen molar-refractivity contribution in [3.8, 4) is 0 Å². The summed E-state index contributed by atoms with van der Waals surface area (Å²) in [7, 11) is 0. The maximum Gasteiger partial charge on any atom is 0.0431 e. The number of aliphatic imine (C=N–C) groups is 1. The number of hydrogen-bond donors (Lipinski definition) is 1. The van der Waals surface area contributed by atoms with Crippen LogP contribution in [0.25, 0.3) is 0 Å². The Kier molecular flexibility index (Phi) is 8.57. The summed E-state index contributed by atoms with van der Waals surface area (Å²) in [5.74, 6) is 0. The van der Waals surface area contributed by atoms with Crippen LogP contribution in [0.5, 0.6) is 0 Å². The number of unbranched alkanes of at least 4 members (excludes halogenated alkanes) is 1. The molecular formula is C11H19NO. The zero-order chi connectivity index (χ0) is 9.94. The molecule has 0 unspecified atom stereocenters. The molecule has 0 saturated heterocycles. The second-order valence-corrected chi connectivity index (χ2v) is 2.78. The van der Waals surface area contributed by atoms with Crippen molar-refractivity contribution in [2.45, 2.75) is 33.1 Å². The Bertz CT molecular complexity index is 192. The maximum absolute atomic E-state index is 8.61. The lowest BCUT2D eigenvalue weighted by Crippen LogP contribution is -1.94. The summed E-state index contributed by atoms with van der Waals surface area (Å²) in [5, 5.41) is 8.61. The summed E-state index contributed by atoms with van der Waals surface area (Å²) in [6, 6.07) is 0. The molecule has 0 aliphatic heterocycles. The van der Waals surface area contributed by atoms with Crippen LogP contribution in [-0.4, -0.2) is 17.4 Å². The van der Waals surface area contributed by atoms with Crippen LogP contribution in [0.15, 0.2) is 29.4 Å². The van der Waals surface area contributed by atoms with Crippen LogP contribution in [0.4, 0.5) is 0 Å². The van der Waals surface area contributed by atoms with E-state index in [1.54, 1.807) is 6.20 Å². The molecule has 0 aromatic heterocycles. The number of allylic oxidation sites excluding steroid dienone is 3. The summed E-state index contributed by atoms with van der Waals surface area (Å²) < 4.78 is 0. The third-order valence-electron chi connectivity index (χ3n) is 1.59. The van der Waals surface area contributed by atoms with Crippen molar-refractivity contribution in [1.82, 2.24) is 0 Å². The highest BCUT2D eigenvalue weighted by Crippen LogP contribution is 1.99. The van der Waals surface area contributed by atoms with Crippen LogP contribution < -0.4 is 0 Å². The molecule has 0 radical (unpaired) electrons. The van der Waals surface area contributed by atoms with Crippen molar-refractivity contribution in [2.24, 2.45) is 4.99 Å². The summed E-state index contributed by atoms with van der Waals surface area (Å²) in [5.41, 5.74) is 1.08. The summed E-state index contributed by atoms with van der Waals surface area (Å²) in [4.78, 5) is 4.27. The monoisotopic (exact) mass is 181 g/mol. The lowest BCUT2D eigenvalue weighted by Gasteiger charge is -1.98. The van der Waals surface area contributed by atoms with Gasteiger partial charge in [0.2, 0.25) is 0 Å². The first-order valence-corrected chi connectivity index (χ1v) is 4.76. The Balaban J connectivity index is 3.94. The number of nitrogens with zero attached hydrogens (tertiary/aromatic N) is 1. The van der Waals surface area contributed by atoms with Crippen LogP contribution in [0.1, 0.15) is 33.1 Å². The number of rotatable bonds is 6. The summed E-state index contributed by atoms with van der Waals surface area (Å²) >= 11 is 0. The smallest absolute Gasteiger partial charge is 0.0431 e. The summed E-state index contributed by atoms with van der Waals surface area (Å²) in [6.45, 7) is 4.20. The van der Waals surface area contributed by atoms with Crippen molar-refractivity contribution in [1.29, 1.82) is 0 Å². The molecule has 74 valence electrons. The zero-order valence-corrected chi connectivity index (χ0v) is 8.53. The second-order valence-electron chi connectivity index (χ2n) is 2.78. The van der Waals surface area contributed by atoms with Crippen LogP contribution in [0, 0.1) is 0 Å². The van der Waals surface area contributed by atoms with Gasteiger partial charge >= 0.3 is 0 Å². The quantitative estimate of drug-likeness (QED) is 0.496. The molecule has 0 saturated carbocycles. The molecule has 0 heterocycles. The largest absolute Gasteiger partial charge is 0.396 e. The van der Waals surface area contributed by atoms with Crippen molar-refractivity contribution < 1.29 is 5.11 Å². The first-order chi connectivity index (χ1) is 6.35. The molecule has 1 N–H and O–H groups in total. The third kappa shape index (κ3) is 7.47. The lowest BCUT2D eigenvalue weighted by atomic mass is 10.1. The Morgan fingerprint density at radius 1 is 1.23 bits per heavy atom. The fourth-order valence-electron chi connectivity index (χ4n) is 0.971. The molecule has 0 fully saturated rings. The van der Waals surface area contributed by atoms with E-state index in [0.717, 1.165) is 25.0 Å². The predicted molar refractivity (Wildman–Crippen MR) is 58.0 cm³/mol. The van der Waals surface area contributed by atoms with Crippen molar-refractivity contribution in [3.05, 3.63) is 24.4 Å². The molecule has 0 rings (SSSR count). The Labute approximate surface area is 80.7 Å². The van der Waals surface area contributed by atoms with E-state index in [4.69, 9.17) is 5.11 Å². The van der Waals surface area contributed by atoms with Gasteiger partial charge in [-0.25, -0.2) is 0 Å². The second kappa shape index (κ2) is 9.20. The lowest BCUT2D eigenvalue weighted by molar-refractivity contribution is 0.285. The molecule has 0 atom stereocenters. The normalized spacial score (nSPS) is 13.3. The van der Waals surface area contributed by atoms with E-state index in [0.29, 0.717) is 0 Å². The zero-order valence-electron chi connectivity index (χ0n) is 8.53. The fourth-order valence-corrected chi connectivity index (χ4v) is 0.971. The average molecular weight is 181 g/mol. The fraction of sp³-hybridized carbons (Fsp3) is 0.545. The van der Waals surface area contributed by atoms with E-state index >= 15 is 0 Å². The molecule has 0 bridgehead atoms. The Morgan fingerprint density at radius 3 is 2.54 bits per heavy atom. The minimum atomic E-state index is 0.271. The number of hydrogen-bond acceptors (Lipinski definition) is 2.